The molecule has 0 radical (unpaired) electrons. The largest absolute Gasteiger partial charge is 0.344 e. The molecule has 1 rings (SSSR count). The minimum atomic E-state index is -0.204. The number of rotatable bonds is 7. The van der Waals surface area contributed by atoms with Gasteiger partial charge in [0.15, 0.2) is 5.16 Å². The molecule has 1 heterocycles. The molecule has 1 N–H and O–H groups in total. The zero-order valence-corrected chi connectivity index (χ0v) is 13.5. The molecular formula is C15H23N3OS. The van der Waals surface area contributed by atoms with Crippen LogP contribution in [-0.4, -0.2) is 27.3 Å². The van der Waals surface area contributed by atoms with Crippen molar-refractivity contribution in [1.82, 2.24) is 14.9 Å². The summed E-state index contributed by atoms with van der Waals surface area (Å²) in [4.78, 5) is 16.4. The number of carbonyl (C=O) groups is 1. The summed E-state index contributed by atoms with van der Waals surface area (Å²) in [6.45, 7) is 9.34. The van der Waals surface area contributed by atoms with Gasteiger partial charge in [-0.2, -0.15) is 0 Å². The van der Waals surface area contributed by atoms with Crippen molar-refractivity contribution in [2.45, 2.75) is 57.5 Å². The lowest BCUT2D eigenvalue weighted by Crippen LogP contribution is -2.31. The van der Waals surface area contributed by atoms with Crippen molar-refractivity contribution in [3.05, 3.63) is 11.4 Å². The van der Waals surface area contributed by atoms with Crippen molar-refractivity contribution in [3.63, 3.8) is 0 Å². The van der Waals surface area contributed by atoms with E-state index in [0.717, 1.165) is 30.2 Å². The van der Waals surface area contributed by atoms with Gasteiger partial charge in [-0.15, -0.1) is 6.42 Å². The number of hydrogen-bond acceptors (Lipinski definition) is 3. The molecular weight excluding hydrogens is 270 g/mol. The molecule has 5 heteroatoms. The Hall–Kier alpha value is -1.41. The van der Waals surface area contributed by atoms with Crippen LogP contribution in [0.2, 0.25) is 0 Å². The number of imidazole rings is 1. The molecule has 1 unspecified atom stereocenters. The number of nitrogens with one attached hydrogen (secondary N) is 1. The summed E-state index contributed by atoms with van der Waals surface area (Å²) in [6, 6.07) is 0. The van der Waals surface area contributed by atoms with E-state index in [1.165, 1.54) is 17.5 Å². The summed E-state index contributed by atoms with van der Waals surface area (Å²) in [5.41, 5.74) is 2.21. The number of hydrogen-bond donors (Lipinski definition) is 1. The normalized spacial score (nSPS) is 11.9. The summed E-state index contributed by atoms with van der Waals surface area (Å²) in [6.07, 6.45) is 7.39. The van der Waals surface area contributed by atoms with Gasteiger partial charge < -0.3 is 9.88 Å². The fourth-order valence-corrected chi connectivity index (χ4v) is 2.84. The van der Waals surface area contributed by atoms with E-state index in [-0.39, 0.29) is 17.7 Å². The van der Waals surface area contributed by atoms with E-state index in [4.69, 9.17) is 6.42 Å². The Bertz CT molecular complexity index is 502. The highest BCUT2D eigenvalue weighted by atomic mass is 32.2. The van der Waals surface area contributed by atoms with Crippen LogP contribution in [0.3, 0.4) is 0 Å². The summed E-state index contributed by atoms with van der Waals surface area (Å²) >= 11 is 1.49. The highest BCUT2D eigenvalue weighted by Crippen LogP contribution is 2.25. The maximum Gasteiger partial charge on any atom is 0.234 e. The van der Waals surface area contributed by atoms with Crippen molar-refractivity contribution in [2.24, 2.45) is 0 Å². The molecule has 0 bridgehead atoms. The molecule has 1 amide bonds. The standard InChI is InChI=1S/C15H23N3OS/c1-6-8-10-18-12(4)11(3)17-15(18)20-13(5)14(19)16-9-7-2/h2,13H,6,8-10H2,1,3-5H3,(H,16,19). The molecule has 0 aliphatic carbocycles. The van der Waals surface area contributed by atoms with Gasteiger partial charge in [0, 0.05) is 12.2 Å². The van der Waals surface area contributed by atoms with Crippen LogP contribution in [0.5, 0.6) is 0 Å². The third kappa shape index (κ3) is 4.31. The predicted molar refractivity (Wildman–Crippen MR) is 83.8 cm³/mol. The Kier molecular flexibility index (Phi) is 6.66. The van der Waals surface area contributed by atoms with E-state index in [9.17, 15) is 4.79 Å². The second-order valence-corrected chi connectivity index (χ2v) is 6.06. The monoisotopic (exact) mass is 293 g/mol. The summed E-state index contributed by atoms with van der Waals surface area (Å²) in [7, 11) is 0. The lowest BCUT2D eigenvalue weighted by atomic mass is 10.3. The van der Waals surface area contributed by atoms with Crippen molar-refractivity contribution in [2.75, 3.05) is 6.54 Å². The van der Waals surface area contributed by atoms with Crippen LogP contribution in [0.4, 0.5) is 0 Å². The average Bonchev–Trinajstić information content (AvgIpc) is 2.69. The number of aryl methyl sites for hydroxylation is 1. The van der Waals surface area contributed by atoms with Gasteiger partial charge in [0.2, 0.25) is 5.91 Å². The minimum absolute atomic E-state index is 0.0479. The Balaban J connectivity index is 2.78. The average molecular weight is 293 g/mol. The molecule has 0 spiro atoms. The Morgan fingerprint density at radius 1 is 1.55 bits per heavy atom. The molecule has 4 nitrogen and oxygen atoms in total. The minimum Gasteiger partial charge on any atom is -0.344 e. The summed E-state index contributed by atoms with van der Waals surface area (Å²) in [5, 5.41) is 3.41. The van der Waals surface area contributed by atoms with Gasteiger partial charge in [0.25, 0.3) is 0 Å². The molecule has 1 aromatic rings. The third-order valence-corrected chi connectivity index (χ3v) is 4.26. The zero-order chi connectivity index (χ0) is 15.1. The maximum absolute atomic E-state index is 11.9. The lowest BCUT2D eigenvalue weighted by Gasteiger charge is -2.13. The Morgan fingerprint density at radius 2 is 2.25 bits per heavy atom. The third-order valence-electron chi connectivity index (χ3n) is 3.17. The first-order chi connectivity index (χ1) is 9.51. The van der Waals surface area contributed by atoms with Crippen molar-refractivity contribution >= 4 is 17.7 Å². The highest BCUT2D eigenvalue weighted by molar-refractivity contribution is 8.00. The van der Waals surface area contributed by atoms with Crippen LogP contribution in [0.1, 0.15) is 38.1 Å². The van der Waals surface area contributed by atoms with Gasteiger partial charge in [0.05, 0.1) is 17.5 Å². The zero-order valence-electron chi connectivity index (χ0n) is 12.7. The highest BCUT2D eigenvalue weighted by Gasteiger charge is 2.19. The number of aromatic nitrogens is 2. The van der Waals surface area contributed by atoms with Gasteiger partial charge in [-0.05, 0) is 27.2 Å². The quantitative estimate of drug-likeness (QED) is 0.621. The second-order valence-electron chi connectivity index (χ2n) is 4.75. The SMILES string of the molecule is C#CCNC(=O)C(C)Sc1nc(C)c(C)n1CCCC. The molecule has 1 atom stereocenters. The second kappa shape index (κ2) is 8.01. The number of carbonyl (C=O) groups excluding carboxylic acids is 1. The number of nitrogens with zero attached hydrogens (tertiary/aromatic N) is 2. The van der Waals surface area contributed by atoms with Crippen molar-refractivity contribution < 1.29 is 4.79 Å². The van der Waals surface area contributed by atoms with Gasteiger partial charge in [0.1, 0.15) is 0 Å². The topological polar surface area (TPSA) is 46.9 Å². The molecule has 110 valence electrons. The molecule has 0 saturated heterocycles. The van der Waals surface area contributed by atoms with E-state index in [1.807, 2.05) is 13.8 Å². The molecule has 20 heavy (non-hydrogen) atoms. The van der Waals surface area contributed by atoms with E-state index < -0.39 is 0 Å². The van der Waals surface area contributed by atoms with Gasteiger partial charge in [-0.3, -0.25) is 4.79 Å². The van der Waals surface area contributed by atoms with Gasteiger partial charge in [-0.1, -0.05) is 31.0 Å². The van der Waals surface area contributed by atoms with Crippen LogP contribution in [0.25, 0.3) is 0 Å². The smallest absolute Gasteiger partial charge is 0.234 e. The first kappa shape index (κ1) is 16.6. The van der Waals surface area contributed by atoms with Crippen LogP contribution >= 0.6 is 11.8 Å². The Morgan fingerprint density at radius 3 is 2.85 bits per heavy atom. The maximum atomic E-state index is 11.9. The summed E-state index contributed by atoms with van der Waals surface area (Å²) < 4.78 is 2.20. The van der Waals surface area contributed by atoms with E-state index >= 15 is 0 Å². The molecule has 0 aliphatic heterocycles. The number of terminal acetylenes is 1. The first-order valence-electron chi connectivity index (χ1n) is 6.92. The number of unbranched alkanes of at least 4 members (excludes halogenated alkanes) is 1. The Labute approximate surface area is 125 Å². The van der Waals surface area contributed by atoms with E-state index in [1.54, 1.807) is 0 Å². The molecule has 0 saturated carbocycles. The molecule has 0 aromatic carbocycles. The van der Waals surface area contributed by atoms with E-state index in [0.29, 0.717) is 0 Å². The van der Waals surface area contributed by atoms with Crippen LogP contribution in [0.15, 0.2) is 5.16 Å². The van der Waals surface area contributed by atoms with Crippen molar-refractivity contribution in [1.29, 1.82) is 0 Å². The van der Waals surface area contributed by atoms with E-state index in [2.05, 4.69) is 34.6 Å². The number of thioether (sulfide) groups is 1. The lowest BCUT2D eigenvalue weighted by molar-refractivity contribution is -0.120. The molecule has 1 aromatic heterocycles. The number of amides is 1. The fraction of sp³-hybridized carbons (Fsp3) is 0.600. The summed E-state index contributed by atoms with van der Waals surface area (Å²) in [5.74, 6) is 2.36. The fourth-order valence-electron chi connectivity index (χ4n) is 1.79. The van der Waals surface area contributed by atoms with Crippen LogP contribution in [0, 0.1) is 26.2 Å². The van der Waals surface area contributed by atoms with Gasteiger partial charge >= 0.3 is 0 Å². The first-order valence-corrected chi connectivity index (χ1v) is 7.80. The molecule has 0 aliphatic rings. The van der Waals surface area contributed by atoms with Crippen LogP contribution < -0.4 is 5.32 Å². The predicted octanol–water partition coefficient (Wildman–Crippen LogP) is 2.53. The van der Waals surface area contributed by atoms with Crippen molar-refractivity contribution in [3.8, 4) is 12.3 Å². The molecule has 0 fully saturated rings. The van der Waals surface area contributed by atoms with Crippen LogP contribution in [-0.2, 0) is 11.3 Å². The van der Waals surface area contributed by atoms with Gasteiger partial charge in [-0.25, -0.2) is 4.98 Å².